The lowest BCUT2D eigenvalue weighted by Gasteiger charge is -2.25. The lowest BCUT2D eigenvalue weighted by molar-refractivity contribution is -0.139. The number of nitrogens with zero attached hydrogens (tertiary/aromatic N) is 3. The van der Waals surface area contributed by atoms with E-state index in [0.717, 1.165) is 11.3 Å². The normalized spacial score (nSPS) is 21.0. The van der Waals surface area contributed by atoms with Crippen LogP contribution in [0, 0.1) is 0 Å². The van der Waals surface area contributed by atoms with Gasteiger partial charge in [-0.05, 0) is 54.8 Å². The minimum Gasteiger partial charge on any atom is -0.508 e. The number of Topliss-reactive ketones (excluding diaryl/α,β-unsaturated/α-hetero) is 1. The first-order chi connectivity index (χ1) is 16.4. The molecule has 0 aliphatic carbocycles. The Kier molecular flexibility index (Phi) is 5.57. The fourth-order valence-electron chi connectivity index (χ4n) is 4.68. The van der Waals surface area contributed by atoms with Crippen LogP contribution >= 0.6 is 0 Å². The van der Waals surface area contributed by atoms with E-state index >= 15 is 0 Å². The predicted molar refractivity (Wildman–Crippen MR) is 124 cm³/mol. The Hall–Kier alpha value is -4.07. The Labute approximate surface area is 196 Å². The van der Waals surface area contributed by atoms with E-state index in [-0.39, 0.29) is 23.2 Å². The number of fused-ring (bicyclic) bond motifs is 1. The van der Waals surface area contributed by atoms with Crippen LogP contribution in [0.4, 0.5) is 0 Å². The van der Waals surface area contributed by atoms with Crippen molar-refractivity contribution in [3.63, 3.8) is 0 Å². The van der Waals surface area contributed by atoms with Crippen LogP contribution in [-0.2, 0) is 22.6 Å². The van der Waals surface area contributed by atoms with Crippen LogP contribution in [0.5, 0.6) is 11.5 Å². The van der Waals surface area contributed by atoms with Gasteiger partial charge in [-0.3, -0.25) is 9.59 Å². The number of aromatic nitrogens is 2. The van der Waals surface area contributed by atoms with Crippen molar-refractivity contribution in [3.05, 3.63) is 83.4 Å². The number of ether oxygens (including phenoxy) is 1. The Morgan fingerprint density at radius 1 is 1.15 bits per heavy atom. The molecule has 1 saturated heterocycles. The molecule has 8 nitrogen and oxygen atoms in total. The molecule has 1 aromatic heterocycles. The number of ketones is 1. The van der Waals surface area contributed by atoms with E-state index in [1.165, 1.54) is 17.0 Å². The fourth-order valence-corrected chi connectivity index (χ4v) is 4.68. The van der Waals surface area contributed by atoms with Crippen LogP contribution in [-0.4, -0.2) is 49.0 Å². The average molecular weight is 460 g/mol. The third-order valence-electron chi connectivity index (χ3n) is 6.29. The molecule has 2 atom stereocenters. The summed E-state index contributed by atoms with van der Waals surface area (Å²) in [6, 6.07) is 10.9. The molecule has 5 rings (SSSR count). The molecule has 3 heterocycles. The second-order valence-corrected chi connectivity index (χ2v) is 8.69. The molecule has 2 aromatic carbocycles. The Bertz CT molecular complexity index is 1260. The number of rotatable bonds is 6. The van der Waals surface area contributed by atoms with Gasteiger partial charge in [0.2, 0.25) is 0 Å². The monoisotopic (exact) mass is 459 g/mol. The summed E-state index contributed by atoms with van der Waals surface area (Å²) in [5.74, 6) is -0.741. The molecular weight excluding hydrogens is 434 g/mol. The Morgan fingerprint density at radius 3 is 2.68 bits per heavy atom. The van der Waals surface area contributed by atoms with Crippen molar-refractivity contribution in [1.82, 2.24) is 14.5 Å². The van der Waals surface area contributed by atoms with Crippen LogP contribution in [0.2, 0.25) is 0 Å². The molecule has 0 unspecified atom stereocenters. The smallest absolute Gasteiger partial charge is 0.295 e. The van der Waals surface area contributed by atoms with Crippen LogP contribution < -0.4 is 4.74 Å². The molecule has 8 heteroatoms. The number of aliphatic hydroxyl groups is 1. The molecule has 1 amide bonds. The van der Waals surface area contributed by atoms with E-state index in [4.69, 9.17) is 4.74 Å². The molecule has 0 bridgehead atoms. The number of carbonyl (C=O) groups excluding carboxylic acids is 2. The first-order valence-electron chi connectivity index (χ1n) is 11.3. The van der Waals surface area contributed by atoms with Crippen molar-refractivity contribution in [2.75, 3.05) is 6.54 Å². The van der Waals surface area contributed by atoms with E-state index in [1.54, 1.807) is 36.8 Å². The Balaban J connectivity index is 1.52. The quantitative estimate of drug-likeness (QED) is 0.333. The number of carbonyl (C=O) groups is 2. The number of aliphatic hydroxyl groups excluding tert-OH is 1. The van der Waals surface area contributed by atoms with Crippen molar-refractivity contribution in [2.24, 2.45) is 0 Å². The van der Waals surface area contributed by atoms with Gasteiger partial charge >= 0.3 is 0 Å². The van der Waals surface area contributed by atoms with Crippen LogP contribution in [0.25, 0.3) is 5.76 Å². The standard InChI is InChI=1S/C26H25N3O5/c1-16-13-19-14-18(5-8-21(19)34-16)24(31)22-23(17-3-6-20(30)7-4-17)29(26(33)25(22)32)11-2-10-28-12-9-27-15-28/h3-9,12,14-16,23,30-31H,2,10-11,13H2,1H3/t16-,23+/m0/s1. The molecule has 2 N–H and O–H groups in total. The number of hydrogen-bond donors (Lipinski definition) is 2. The van der Waals surface area contributed by atoms with E-state index < -0.39 is 17.7 Å². The van der Waals surface area contributed by atoms with Gasteiger partial charge in [0.15, 0.2) is 0 Å². The van der Waals surface area contributed by atoms with Gasteiger partial charge in [-0.25, -0.2) is 4.98 Å². The number of aromatic hydroxyl groups is 1. The third kappa shape index (κ3) is 3.91. The predicted octanol–water partition coefficient (Wildman–Crippen LogP) is 3.42. The maximum atomic E-state index is 13.2. The van der Waals surface area contributed by atoms with Gasteiger partial charge in [-0.2, -0.15) is 0 Å². The zero-order valence-corrected chi connectivity index (χ0v) is 18.7. The number of imidazole rings is 1. The lowest BCUT2D eigenvalue weighted by atomic mass is 9.94. The van der Waals surface area contributed by atoms with E-state index in [9.17, 15) is 19.8 Å². The molecule has 2 aliphatic rings. The molecule has 0 radical (unpaired) electrons. The SMILES string of the molecule is C[C@H]1Cc2cc(C(O)=C3C(=O)C(=O)N(CCCn4ccnc4)[C@@H]3c3ccc(O)cc3)ccc2O1. The van der Waals surface area contributed by atoms with Gasteiger partial charge in [0, 0.05) is 37.5 Å². The number of hydrogen-bond acceptors (Lipinski definition) is 6. The number of aryl methyl sites for hydroxylation is 1. The number of likely N-dealkylation sites (tertiary alicyclic amines) is 1. The summed E-state index contributed by atoms with van der Waals surface area (Å²) < 4.78 is 7.64. The zero-order chi connectivity index (χ0) is 23.8. The van der Waals surface area contributed by atoms with E-state index in [2.05, 4.69) is 4.98 Å². The summed E-state index contributed by atoms with van der Waals surface area (Å²) in [6.45, 7) is 2.93. The van der Waals surface area contributed by atoms with Gasteiger partial charge in [0.05, 0.1) is 17.9 Å². The molecule has 2 aliphatic heterocycles. The number of amides is 1. The summed E-state index contributed by atoms with van der Waals surface area (Å²) in [5, 5.41) is 21.0. The van der Waals surface area contributed by atoms with Crippen LogP contribution in [0.1, 0.15) is 36.1 Å². The first kappa shape index (κ1) is 21.8. The highest BCUT2D eigenvalue weighted by atomic mass is 16.5. The van der Waals surface area contributed by atoms with Crippen molar-refractivity contribution in [2.45, 2.75) is 38.5 Å². The molecule has 0 saturated carbocycles. The first-order valence-corrected chi connectivity index (χ1v) is 11.3. The summed E-state index contributed by atoms with van der Waals surface area (Å²) in [6.07, 6.45) is 6.58. The molecule has 3 aromatic rings. The second kappa shape index (κ2) is 8.70. The molecular formula is C26H25N3O5. The highest BCUT2D eigenvalue weighted by molar-refractivity contribution is 6.46. The fraction of sp³-hybridized carbons (Fsp3) is 0.269. The summed E-state index contributed by atoms with van der Waals surface area (Å²) in [5.41, 5.74) is 2.11. The van der Waals surface area contributed by atoms with E-state index in [1.807, 2.05) is 23.8 Å². The van der Waals surface area contributed by atoms with Gasteiger partial charge in [0.25, 0.3) is 11.7 Å². The van der Waals surface area contributed by atoms with Crippen LogP contribution in [0.15, 0.2) is 66.8 Å². The molecule has 174 valence electrons. The average Bonchev–Trinajstić information content (AvgIpc) is 3.53. The van der Waals surface area contributed by atoms with Crippen molar-refractivity contribution in [3.8, 4) is 11.5 Å². The lowest BCUT2D eigenvalue weighted by Crippen LogP contribution is -2.31. The number of phenolic OH excluding ortho intramolecular Hbond substituents is 1. The Morgan fingerprint density at radius 2 is 1.94 bits per heavy atom. The minimum atomic E-state index is -0.758. The van der Waals surface area contributed by atoms with Crippen molar-refractivity contribution >= 4 is 17.4 Å². The van der Waals surface area contributed by atoms with Crippen molar-refractivity contribution in [1.29, 1.82) is 0 Å². The van der Waals surface area contributed by atoms with Gasteiger partial charge in [-0.15, -0.1) is 0 Å². The largest absolute Gasteiger partial charge is 0.508 e. The van der Waals surface area contributed by atoms with Gasteiger partial charge < -0.3 is 24.4 Å². The van der Waals surface area contributed by atoms with Crippen LogP contribution in [0.3, 0.4) is 0 Å². The third-order valence-corrected chi connectivity index (χ3v) is 6.29. The maximum Gasteiger partial charge on any atom is 0.295 e. The van der Waals surface area contributed by atoms with E-state index in [0.29, 0.717) is 37.1 Å². The zero-order valence-electron chi connectivity index (χ0n) is 18.7. The molecule has 1 fully saturated rings. The van der Waals surface area contributed by atoms with Gasteiger partial charge in [-0.1, -0.05) is 12.1 Å². The van der Waals surface area contributed by atoms with Crippen molar-refractivity contribution < 1.29 is 24.5 Å². The summed E-state index contributed by atoms with van der Waals surface area (Å²) >= 11 is 0. The highest BCUT2D eigenvalue weighted by Crippen LogP contribution is 2.41. The second-order valence-electron chi connectivity index (χ2n) is 8.69. The summed E-state index contributed by atoms with van der Waals surface area (Å²) in [4.78, 5) is 31.7. The maximum absolute atomic E-state index is 13.2. The number of phenols is 1. The minimum absolute atomic E-state index is 0.0465. The molecule has 34 heavy (non-hydrogen) atoms. The highest BCUT2D eigenvalue weighted by Gasteiger charge is 2.45. The number of benzene rings is 2. The van der Waals surface area contributed by atoms with Gasteiger partial charge in [0.1, 0.15) is 23.4 Å². The molecule has 0 spiro atoms. The topological polar surface area (TPSA) is 105 Å². The summed E-state index contributed by atoms with van der Waals surface area (Å²) in [7, 11) is 0.